The van der Waals surface area contributed by atoms with Gasteiger partial charge in [0.05, 0.1) is 6.20 Å². The summed E-state index contributed by atoms with van der Waals surface area (Å²) < 4.78 is 1.73. The Kier molecular flexibility index (Phi) is 3.27. The van der Waals surface area contributed by atoms with Crippen LogP contribution in [0.15, 0.2) is 30.5 Å². The molecule has 0 fully saturated rings. The number of hydrogen-bond donors (Lipinski definition) is 2. The lowest BCUT2D eigenvalue weighted by Gasteiger charge is -2.11. The van der Waals surface area contributed by atoms with Gasteiger partial charge in [-0.15, -0.1) is 0 Å². The van der Waals surface area contributed by atoms with Crippen molar-refractivity contribution < 1.29 is 4.79 Å². The number of anilines is 2. The molecule has 0 unspecified atom stereocenters. The van der Waals surface area contributed by atoms with Crippen LogP contribution in [0.2, 0.25) is 0 Å². The summed E-state index contributed by atoms with van der Waals surface area (Å²) in [6.07, 6.45) is 1.64. The Morgan fingerprint density at radius 2 is 2.17 bits per heavy atom. The van der Waals surface area contributed by atoms with Crippen LogP contribution in [-0.2, 0) is 0 Å². The van der Waals surface area contributed by atoms with Crippen molar-refractivity contribution in [3.05, 3.63) is 36.2 Å². The van der Waals surface area contributed by atoms with E-state index in [0.29, 0.717) is 11.6 Å². The normalized spacial score (nSPS) is 10.6. The van der Waals surface area contributed by atoms with Gasteiger partial charge in [0.15, 0.2) is 0 Å². The molecule has 3 N–H and O–H groups in total. The quantitative estimate of drug-likeness (QED) is 0.861. The van der Waals surface area contributed by atoms with Gasteiger partial charge in [-0.2, -0.15) is 5.10 Å². The Bertz CT molecular complexity index is 561. The first-order valence-electron chi connectivity index (χ1n) is 5.65. The van der Waals surface area contributed by atoms with Crippen LogP contribution in [-0.4, -0.2) is 20.7 Å². The monoisotopic (exact) mass is 245 g/mol. The predicted molar refractivity (Wildman–Crippen MR) is 69.2 cm³/mol. The first-order chi connectivity index (χ1) is 8.58. The molecule has 6 heteroatoms. The standard InChI is InChI=1S/C12H15N5O/c1-8(2)17-11(6-7-14-17)16-12(18)9-4-3-5-10(13)15-9/h3-8H,1-2H3,(H2,13,15)(H,16,18). The van der Waals surface area contributed by atoms with Crippen LogP contribution in [0.25, 0.3) is 0 Å². The lowest BCUT2D eigenvalue weighted by Crippen LogP contribution is -2.18. The van der Waals surface area contributed by atoms with Crippen LogP contribution in [0.4, 0.5) is 11.6 Å². The number of hydrogen-bond acceptors (Lipinski definition) is 4. The van der Waals surface area contributed by atoms with E-state index >= 15 is 0 Å². The van der Waals surface area contributed by atoms with Gasteiger partial charge in [0.1, 0.15) is 17.3 Å². The molecule has 6 nitrogen and oxygen atoms in total. The third-order valence-electron chi connectivity index (χ3n) is 2.40. The number of nitrogens with zero attached hydrogens (tertiary/aromatic N) is 3. The second-order valence-electron chi connectivity index (χ2n) is 4.16. The number of amides is 1. The minimum absolute atomic E-state index is 0.170. The van der Waals surface area contributed by atoms with Crippen molar-refractivity contribution in [2.45, 2.75) is 19.9 Å². The molecule has 2 heterocycles. The van der Waals surface area contributed by atoms with E-state index in [9.17, 15) is 4.79 Å². The summed E-state index contributed by atoms with van der Waals surface area (Å²) in [6.45, 7) is 3.98. The zero-order valence-electron chi connectivity index (χ0n) is 10.3. The Morgan fingerprint density at radius 1 is 1.39 bits per heavy atom. The second-order valence-corrected chi connectivity index (χ2v) is 4.16. The molecular formula is C12H15N5O. The number of aromatic nitrogens is 3. The Hall–Kier alpha value is -2.37. The summed E-state index contributed by atoms with van der Waals surface area (Å²) in [4.78, 5) is 15.9. The summed E-state index contributed by atoms with van der Waals surface area (Å²) in [7, 11) is 0. The number of rotatable bonds is 3. The highest BCUT2D eigenvalue weighted by atomic mass is 16.2. The first-order valence-corrected chi connectivity index (χ1v) is 5.65. The van der Waals surface area contributed by atoms with E-state index in [-0.39, 0.29) is 17.6 Å². The van der Waals surface area contributed by atoms with Crippen molar-refractivity contribution >= 4 is 17.5 Å². The molecule has 18 heavy (non-hydrogen) atoms. The molecule has 2 aromatic rings. The van der Waals surface area contributed by atoms with Gasteiger partial charge in [0, 0.05) is 12.1 Å². The SMILES string of the molecule is CC(C)n1nccc1NC(=O)c1cccc(N)n1. The molecule has 2 rings (SSSR count). The number of carbonyl (C=O) groups is 1. The average molecular weight is 245 g/mol. The van der Waals surface area contributed by atoms with Crippen LogP contribution in [0, 0.1) is 0 Å². The van der Waals surface area contributed by atoms with Crippen LogP contribution in [0.1, 0.15) is 30.4 Å². The summed E-state index contributed by atoms with van der Waals surface area (Å²) in [5.41, 5.74) is 5.82. The van der Waals surface area contributed by atoms with E-state index in [2.05, 4.69) is 15.4 Å². The minimum Gasteiger partial charge on any atom is -0.384 e. The summed E-state index contributed by atoms with van der Waals surface area (Å²) in [5, 5.41) is 6.90. The fourth-order valence-electron chi connectivity index (χ4n) is 1.58. The number of nitrogens with two attached hydrogens (primary N) is 1. The maximum Gasteiger partial charge on any atom is 0.275 e. The number of nitrogens with one attached hydrogen (secondary N) is 1. The Balaban J connectivity index is 2.19. The van der Waals surface area contributed by atoms with Gasteiger partial charge in [-0.1, -0.05) is 6.07 Å². The lowest BCUT2D eigenvalue weighted by molar-refractivity contribution is 0.102. The van der Waals surface area contributed by atoms with Crippen molar-refractivity contribution in [3.8, 4) is 0 Å². The largest absolute Gasteiger partial charge is 0.384 e. The molecule has 2 aromatic heterocycles. The highest BCUT2D eigenvalue weighted by molar-refractivity contribution is 6.02. The van der Waals surface area contributed by atoms with Crippen LogP contribution in [0.5, 0.6) is 0 Å². The van der Waals surface area contributed by atoms with Crippen molar-refractivity contribution in [1.29, 1.82) is 0 Å². The van der Waals surface area contributed by atoms with Crippen molar-refractivity contribution in [2.24, 2.45) is 0 Å². The molecule has 1 amide bonds. The fraction of sp³-hybridized carbons (Fsp3) is 0.250. The maximum atomic E-state index is 12.0. The number of nitrogen functional groups attached to an aromatic ring is 1. The highest BCUT2D eigenvalue weighted by Crippen LogP contribution is 2.14. The first kappa shape index (κ1) is 12.1. The van der Waals surface area contributed by atoms with Gasteiger partial charge in [-0.3, -0.25) is 4.79 Å². The minimum atomic E-state index is -0.301. The summed E-state index contributed by atoms with van der Waals surface area (Å²) in [5.74, 6) is 0.656. The molecule has 0 atom stereocenters. The smallest absolute Gasteiger partial charge is 0.275 e. The average Bonchev–Trinajstić information content (AvgIpc) is 2.77. The fourth-order valence-corrected chi connectivity index (χ4v) is 1.58. The zero-order chi connectivity index (χ0) is 13.1. The van der Waals surface area contributed by atoms with E-state index < -0.39 is 0 Å². The van der Waals surface area contributed by atoms with E-state index in [1.807, 2.05) is 13.8 Å². The topological polar surface area (TPSA) is 85.8 Å². The molecule has 0 radical (unpaired) electrons. The Morgan fingerprint density at radius 3 is 2.83 bits per heavy atom. The third-order valence-corrected chi connectivity index (χ3v) is 2.40. The highest BCUT2D eigenvalue weighted by Gasteiger charge is 2.12. The molecule has 0 aliphatic heterocycles. The molecule has 0 aliphatic carbocycles. The molecular weight excluding hydrogens is 230 g/mol. The van der Waals surface area contributed by atoms with Crippen LogP contribution in [0.3, 0.4) is 0 Å². The summed E-state index contributed by atoms with van der Waals surface area (Å²) >= 11 is 0. The molecule has 0 saturated heterocycles. The molecule has 0 saturated carbocycles. The number of pyridine rings is 1. The van der Waals surface area contributed by atoms with Gasteiger partial charge in [0.25, 0.3) is 5.91 Å². The molecule has 0 spiro atoms. The van der Waals surface area contributed by atoms with Gasteiger partial charge < -0.3 is 11.1 Å². The van der Waals surface area contributed by atoms with Crippen molar-refractivity contribution in [2.75, 3.05) is 11.1 Å². The maximum absolute atomic E-state index is 12.0. The van der Waals surface area contributed by atoms with Gasteiger partial charge in [-0.05, 0) is 26.0 Å². The van der Waals surface area contributed by atoms with Crippen molar-refractivity contribution in [3.63, 3.8) is 0 Å². The van der Waals surface area contributed by atoms with Crippen LogP contribution < -0.4 is 11.1 Å². The molecule has 94 valence electrons. The van der Waals surface area contributed by atoms with Crippen LogP contribution >= 0.6 is 0 Å². The van der Waals surface area contributed by atoms with E-state index in [4.69, 9.17) is 5.73 Å². The third kappa shape index (κ3) is 2.48. The zero-order valence-corrected chi connectivity index (χ0v) is 10.3. The predicted octanol–water partition coefficient (Wildman–Crippen LogP) is 1.69. The number of carbonyl (C=O) groups excluding carboxylic acids is 1. The van der Waals surface area contributed by atoms with E-state index in [1.54, 1.807) is 35.1 Å². The Labute approximate surface area is 105 Å². The lowest BCUT2D eigenvalue weighted by atomic mass is 10.3. The van der Waals surface area contributed by atoms with Gasteiger partial charge >= 0.3 is 0 Å². The van der Waals surface area contributed by atoms with Gasteiger partial charge in [-0.25, -0.2) is 9.67 Å². The van der Waals surface area contributed by atoms with Crippen molar-refractivity contribution in [1.82, 2.24) is 14.8 Å². The van der Waals surface area contributed by atoms with E-state index in [0.717, 1.165) is 0 Å². The van der Waals surface area contributed by atoms with E-state index in [1.165, 1.54) is 0 Å². The molecule has 0 aromatic carbocycles. The van der Waals surface area contributed by atoms with Gasteiger partial charge in [0.2, 0.25) is 0 Å². The molecule has 0 bridgehead atoms. The molecule has 0 aliphatic rings. The summed E-state index contributed by atoms with van der Waals surface area (Å²) in [6, 6.07) is 6.85. The second kappa shape index (κ2) is 4.87.